The zero-order valence-corrected chi connectivity index (χ0v) is 10.5. The van der Waals surface area contributed by atoms with Crippen LogP contribution in [0.3, 0.4) is 0 Å². The highest BCUT2D eigenvalue weighted by Crippen LogP contribution is 2.23. The van der Waals surface area contributed by atoms with Crippen molar-refractivity contribution in [1.29, 1.82) is 5.26 Å². The Morgan fingerprint density at radius 3 is 2.69 bits per heavy atom. The first-order chi connectivity index (χ1) is 6.06. The molecule has 0 saturated carbocycles. The fourth-order valence-corrected chi connectivity index (χ4v) is 1.74. The zero-order valence-electron chi connectivity index (χ0n) is 6.77. The molecule has 4 heteroatoms. The van der Waals surface area contributed by atoms with Crippen molar-refractivity contribution in [3.8, 4) is 6.07 Å². The first-order valence-corrected chi connectivity index (χ1v) is 5.33. The molecule has 0 N–H and O–H groups in total. The van der Waals surface area contributed by atoms with Gasteiger partial charge in [-0.15, -0.1) is 0 Å². The van der Waals surface area contributed by atoms with Gasteiger partial charge in [-0.3, -0.25) is 4.79 Å². The number of hydrogen-bond acceptors (Lipinski definition) is 2. The van der Waals surface area contributed by atoms with Crippen LogP contribution in [0.2, 0.25) is 0 Å². The molecule has 0 aliphatic carbocycles. The topological polar surface area (TPSA) is 40.9 Å². The third kappa shape index (κ3) is 2.29. The van der Waals surface area contributed by atoms with Gasteiger partial charge in [0.25, 0.3) is 0 Å². The summed E-state index contributed by atoms with van der Waals surface area (Å²) >= 11 is 5.41. The zero-order chi connectivity index (χ0) is 10.0. The quantitative estimate of drug-likeness (QED) is 0.577. The van der Waals surface area contributed by atoms with Crippen molar-refractivity contribution in [2.75, 3.05) is 0 Å². The van der Waals surface area contributed by atoms with Gasteiger partial charge in [-0.2, -0.15) is 5.26 Å². The molecule has 13 heavy (non-hydrogen) atoms. The summed E-state index contributed by atoms with van der Waals surface area (Å²) in [6, 6.07) is 5.38. The smallest absolute Gasteiger partial charge is 0.161 e. The Kier molecular flexibility index (Phi) is 3.45. The highest BCUT2D eigenvalue weighted by Gasteiger charge is 2.09. The molecule has 0 fully saturated rings. The molecule has 1 rings (SSSR count). The second-order valence-corrected chi connectivity index (χ2v) is 4.50. The molecule has 0 saturated heterocycles. The summed E-state index contributed by atoms with van der Waals surface area (Å²) in [5, 5.41) is 8.76. The van der Waals surface area contributed by atoms with Crippen molar-refractivity contribution in [3.63, 3.8) is 0 Å². The first-order valence-electron chi connectivity index (χ1n) is 3.46. The predicted molar refractivity (Wildman–Crippen MR) is 61.6 cm³/mol. The molecule has 0 aliphatic rings. The van der Waals surface area contributed by atoms with Gasteiger partial charge in [0.15, 0.2) is 5.78 Å². The largest absolute Gasteiger partial charge is 0.294 e. The van der Waals surface area contributed by atoms with Crippen molar-refractivity contribution < 1.29 is 4.79 Å². The molecule has 0 aromatic heterocycles. The van der Waals surface area contributed by atoms with Crippen molar-refractivity contribution >= 4 is 44.3 Å². The van der Waals surface area contributed by atoms with Crippen LogP contribution < -0.4 is 0 Å². The van der Waals surface area contributed by atoms with Crippen LogP contribution in [-0.2, 0) is 0 Å². The van der Waals surface area contributed by atoms with Crippen molar-refractivity contribution in [2.24, 2.45) is 0 Å². The Bertz CT molecular complexity index is 409. The molecular formula is C9H5BrINO. The molecular weight excluding hydrogens is 345 g/mol. The van der Waals surface area contributed by atoms with Crippen molar-refractivity contribution in [3.05, 3.63) is 31.3 Å². The maximum absolute atomic E-state index is 11.1. The van der Waals surface area contributed by atoms with Crippen LogP contribution in [0.15, 0.2) is 16.6 Å². The number of carbonyl (C=O) groups excluding carboxylic acids is 1. The minimum atomic E-state index is -0.0892. The van der Waals surface area contributed by atoms with Crippen LogP contribution >= 0.6 is 38.5 Å². The standard InChI is InChI=1S/C9H5BrINO/c1-5(13)7-3-8(10)9(11)2-6(7)4-12/h2-3H,1H3. The first kappa shape index (κ1) is 10.7. The lowest BCUT2D eigenvalue weighted by molar-refractivity contribution is 0.101. The lowest BCUT2D eigenvalue weighted by atomic mass is 10.1. The summed E-state index contributed by atoms with van der Waals surface area (Å²) in [5.41, 5.74) is 0.898. The van der Waals surface area contributed by atoms with E-state index in [1.54, 1.807) is 12.1 Å². The van der Waals surface area contributed by atoms with Crippen LogP contribution in [0, 0.1) is 14.9 Å². The van der Waals surface area contributed by atoms with E-state index in [1.807, 2.05) is 6.07 Å². The van der Waals surface area contributed by atoms with E-state index in [0.717, 1.165) is 8.04 Å². The van der Waals surface area contributed by atoms with Gasteiger partial charge in [-0.05, 0) is 57.6 Å². The minimum absolute atomic E-state index is 0.0892. The van der Waals surface area contributed by atoms with Crippen LogP contribution in [-0.4, -0.2) is 5.78 Å². The van der Waals surface area contributed by atoms with E-state index < -0.39 is 0 Å². The fraction of sp³-hybridized carbons (Fsp3) is 0.111. The Balaban J connectivity index is 3.44. The molecule has 0 atom stereocenters. The third-order valence-electron chi connectivity index (χ3n) is 1.56. The number of ketones is 1. The third-order valence-corrected chi connectivity index (χ3v) is 3.85. The molecule has 0 radical (unpaired) electrons. The molecule has 66 valence electrons. The van der Waals surface area contributed by atoms with Gasteiger partial charge in [0, 0.05) is 13.6 Å². The van der Waals surface area contributed by atoms with Gasteiger partial charge in [-0.1, -0.05) is 0 Å². The van der Waals surface area contributed by atoms with E-state index in [-0.39, 0.29) is 5.78 Å². The molecule has 0 amide bonds. The van der Waals surface area contributed by atoms with E-state index in [0.29, 0.717) is 11.1 Å². The molecule has 0 aliphatic heterocycles. The number of nitriles is 1. The summed E-state index contributed by atoms with van der Waals surface area (Å²) in [6.45, 7) is 1.45. The lowest BCUT2D eigenvalue weighted by Gasteiger charge is -2.02. The maximum atomic E-state index is 11.1. The molecule has 0 spiro atoms. The number of benzene rings is 1. The number of rotatable bonds is 1. The lowest BCUT2D eigenvalue weighted by Crippen LogP contribution is -1.97. The summed E-state index contributed by atoms with van der Waals surface area (Å²) in [5.74, 6) is -0.0892. The fourth-order valence-electron chi connectivity index (χ4n) is 0.931. The Hall–Kier alpha value is -0.410. The van der Waals surface area contributed by atoms with Gasteiger partial charge in [0.2, 0.25) is 0 Å². The summed E-state index contributed by atoms with van der Waals surface area (Å²) < 4.78 is 1.77. The summed E-state index contributed by atoms with van der Waals surface area (Å²) in [7, 11) is 0. The second-order valence-electron chi connectivity index (χ2n) is 2.48. The highest BCUT2D eigenvalue weighted by atomic mass is 127. The minimum Gasteiger partial charge on any atom is -0.294 e. The van der Waals surface area contributed by atoms with E-state index >= 15 is 0 Å². The normalized spacial score (nSPS) is 9.38. The molecule has 0 unspecified atom stereocenters. The summed E-state index contributed by atoms with van der Waals surface area (Å²) in [4.78, 5) is 11.1. The molecule has 1 aromatic rings. The number of hydrogen-bond donors (Lipinski definition) is 0. The van der Waals surface area contributed by atoms with E-state index in [2.05, 4.69) is 38.5 Å². The van der Waals surface area contributed by atoms with Crippen molar-refractivity contribution in [2.45, 2.75) is 6.92 Å². The Labute approximate surface area is 98.2 Å². The van der Waals surface area contributed by atoms with Crippen molar-refractivity contribution in [1.82, 2.24) is 0 Å². The Morgan fingerprint density at radius 2 is 2.23 bits per heavy atom. The van der Waals surface area contributed by atoms with Gasteiger partial charge in [0.1, 0.15) is 0 Å². The van der Waals surface area contributed by atoms with Crippen LogP contribution in [0.5, 0.6) is 0 Å². The van der Waals surface area contributed by atoms with Crippen LogP contribution in [0.25, 0.3) is 0 Å². The average Bonchev–Trinajstić information content (AvgIpc) is 2.08. The number of Topliss-reactive ketones (excluding diaryl/α,β-unsaturated/α-hetero) is 1. The number of carbonyl (C=O) groups is 1. The molecule has 1 aromatic carbocycles. The van der Waals surface area contributed by atoms with Crippen LogP contribution in [0.1, 0.15) is 22.8 Å². The maximum Gasteiger partial charge on any atom is 0.161 e. The second kappa shape index (κ2) is 4.20. The Morgan fingerprint density at radius 1 is 1.62 bits per heavy atom. The molecule has 0 bridgehead atoms. The van der Waals surface area contributed by atoms with Gasteiger partial charge in [0.05, 0.1) is 11.6 Å². The van der Waals surface area contributed by atoms with Gasteiger partial charge < -0.3 is 0 Å². The number of halogens is 2. The predicted octanol–water partition coefficient (Wildman–Crippen LogP) is 3.13. The average molecular weight is 350 g/mol. The van der Waals surface area contributed by atoms with Crippen LogP contribution in [0.4, 0.5) is 0 Å². The SMILES string of the molecule is CC(=O)c1cc(Br)c(I)cc1C#N. The van der Waals surface area contributed by atoms with E-state index in [4.69, 9.17) is 5.26 Å². The molecule has 2 nitrogen and oxygen atoms in total. The van der Waals surface area contributed by atoms with E-state index in [9.17, 15) is 4.79 Å². The monoisotopic (exact) mass is 349 g/mol. The van der Waals surface area contributed by atoms with Gasteiger partial charge in [-0.25, -0.2) is 0 Å². The molecule has 0 heterocycles. The number of nitrogens with zero attached hydrogens (tertiary/aromatic N) is 1. The highest BCUT2D eigenvalue weighted by molar-refractivity contribution is 14.1. The summed E-state index contributed by atoms with van der Waals surface area (Å²) in [6.07, 6.45) is 0. The van der Waals surface area contributed by atoms with Gasteiger partial charge >= 0.3 is 0 Å². The van der Waals surface area contributed by atoms with E-state index in [1.165, 1.54) is 6.92 Å².